The number of likely N-dealkylation sites (tertiary alicyclic amines) is 1. The van der Waals surface area contributed by atoms with Crippen molar-refractivity contribution in [3.05, 3.63) is 59.7 Å². The lowest BCUT2D eigenvalue weighted by Crippen LogP contribution is -2.40. The first-order chi connectivity index (χ1) is 13.4. The first-order valence-electron chi connectivity index (χ1n) is 9.23. The van der Waals surface area contributed by atoms with Crippen LogP contribution < -0.4 is 4.74 Å². The van der Waals surface area contributed by atoms with Gasteiger partial charge in [0.1, 0.15) is 11.5 Å². The largest absolute Gasteiger partial charge is 0.457 e. The Morgan fingerprint density at radius 3 is 2.36 bits per heavy atom. The molecule has 2 aromatic rings. The Kier molecular flexibility index (Phi) is 6.24. The molecule has 1 amide bonds. The summed E-state index contributed by atoms with van der Waals surface area (Å²) in [6, 6.07) is 11.2. The van der Waals surface area contributed by atoms with Crippen molar-refractivity contribution in [1.82, 2.24) is 4.90 Å². The molecule has 1 fully saturated rings. The van der Waals surface area contributed by atoms with Crippen LogP contribution in [0.1, 0.15) is 35.7 Å². The Bertz CT molecular complexity index is 815. The average Bonchev–Trinajstić information content (AvgIpc) is 2.68. The lowest BCUT2D eigenvalue weighted by atomic mass is 10.1. The van der Waals surface area contributed by atoms with Gasteiger partial charge in [0.25, 0.3) is 5.91 Å². The molecule has 4 nitrogen and oxygen atoms in total. The summed E-state index contributed by atoms with van der Waals surface area (Å²) in [6.45, 7) is 3.84. The van der Waals surface area contributed by atoms with Crippen LogP contribution in [0.25, 0.3) is 0 Å². The second kappa shape index (κ2) is 8.65. The maximum atomic E-state index is 12.8. The average molecular weight is 393 g/mol. The zero-order valence-corrected chi connectivity index (χ0v) is 15.5. The molecule has 0 bridgehead atoms. The van der Waals surface area contributed by atoms with Crippen molar-refractivity contribution in [1.29, 1.82) is 0 Å². The minimum atomic E-state index is -4.44. The van der Waals surface area contributed by atoms with Crippen LogP contribution in [0.2, 0.25) is 0 Å². The van der Waals surface area contributed by atoms with Crippen LogP contribution >= 0.6 is 0 Å². The molecule has 0 atom stereocenters. The molecule has 0 spiro atoms. The summed E-state index contributed by atoms with van der Waals surface area (Å²) in [6.07, 6.45) is -2.67. The van der Waals surface area contributed by atoms with Gasteiger partial charge >= 0.3 is 6.18 Å². The molecule has 0 radical (unpaired) electrons. The van der Waals surface area contributed by atoms with E-state index in [2.05, 4.69) is 0 Å². The highest BCUT2D eigenvalue weighted by atomic mass is 19.4. The number of carbonyl (C=O) groups is 1. The molecule has 28 heavy (non-hydrogen) atoms. The fraction of sp³-hybridized carbons (Fsp3) is 0.381. The van der Waals surface area contributed by atoms with Crippen LogP contribution in [0.15, 0.2) is 48.5 Å². The monoisotopic (exact) mass is 393 g/mol. The first kappa shape index (κ1) is 20.2. The van der Waals surface area contributed by atoms with Gasteiger partial charge in [-0.15, -0.1) is 0 Å². The number of amides is 1. The maximum Gasteiger partial charge on any atom is 0.416 e. The molecule has 3 rings (SSSR count). The molecule has 1 aliphatic rings. The van der Waals surface area contributed by atoms with Crippen LogP contribution in [0.5, 0.6) is 11.5 Å². The Morgan fingerprint density at radius 1 is 1.07 bits per heavy atom. The van der Waals surface area contributed by atoms with E-state index >= 15 is 0 Å². The topological polar surface area (TPSA) is 38.8 Å². The van der Waals surface area contributed by atoms with Gasteiger partial charge in [-0.25, -0.2) is 0 Å². The Balaban J connectivity index is 1.68. The van der Waals surface area contributed by atoms with Gasteiger partial charge in [0.2, 0.25) is 0 Å². The van der Waals surface area contributed by atoms with Crippen molar-refractivity contribution in [2.75, 3.05) is 19.7 Å². The van der Waals surface area contributed by atoms with Gasteiger partial charge in [0.05, 0.1) is 11.7 Å². The van der Waals surface area contributed by atoms with Gasteiger partial charge < -0.3 is 14.4 Å². The van der Waals surface area contributed by atoms with E-state index in [9.17, 15) is 18.0 Å². The molecule has 150 valence electrons. The molecule has 0 aliphatic carbocycles. The van der Waals surface area contributed by atoms with Crippen molar-refractivity contribution < 1.29 is 27.4 Å². The Hall–Kier alpha value is -2.54. The number of piperidine rings is 1. The predicted octanol–water partition coefficient (Wildman–Crippen LogP) is 5.14. The number of alkyl halides is 3. The van der Waals surface area contributed by atoms with Gasteiger partial charge in [0.15, 0.2) is 0 Å². The van der Waals surface area contributed by atoms with E-state index in [4.69, 9.17) is 9.47 Å². The molecule has 0 aromatic heterocycles. The summed E-state index contributed by atoms with van der Waals surface area (Å²) in [5.41, 5.74) is -0.339. The van der Waals surface area contributed by atoms with Gasteiger partial charge in [-0.05, 0) is 56.2 Å². The van der Waals surface area contributed by atoms with E-state index in [1.165, 1.54) is 12.1 Å². The summed E-state index contributed by atoms with van der Waals surface area (Å²) < 4.78 is 49.7. The molecular formula is C21H22F3NO3. The Labute approximate surface area is 161 Å². The summed E-state index contributed by atoms with van der Waals surface area (Å²) in [4.78, 5) is 14.5. The molecular weight excluding hydrogens is 371 g/mol. The van der Waals surface area contributed by atoms with E-state index < -0.39 is 11.7 Å². The number of halogens is 3. The molecule has 1 heterocycles. The van der Waals surface area contributed by atoms with Crippen molar-refractivity contribution >= 4 is 5.91 Å². The molecule has 7 heteroatoms. The van der Waals surface area contributed by atoms with E-state index in [0.29, 0.717) is 31.0 Å². The zero-order valence-electron chi connectivity index (χ0n) is 15.5. The molecule has 0 saturated carbocycles. The first-order valence-corrected chi connectivity index (χ1v) is 9.23. The number of benzene rings is 2. The number of nitrogens with zero attached hydrogens (tertiary/aromatic N) is 1. The zero-order chi connectivity index (χ0) is 20.1. The fourth-order valence-corrected chi connectivity index (χ4v) is 3.21. The van der Waals surface area contributed by atoms with Gasteiger partial charge in [-0.1, -0.05) is 12.1 Å². The van der Waals surface area contributed by atoms with Crippen molar-refractivity contribution in [2.45, 2.75) is 32.0 Å². The van der Waals surface area contributed by atoms with Crippen molar-refractivity contribution in [3.63, 3.8) is 0 Å². The van der Waals surface area contributed by atoms with Crippen LogP contribution in [0.4, 0.5) is 13.2 Å². The van der Waals surface area contributed by atoms with Gasteiger partial charge in [-0.2, -0.15) is 13.2 Å². The highest BCUT2D eigenvalue weighted by Crippen LogP contribution is 2.33. The van der Waals surface area contributed by atoms with Gasteiger partial charge in [0, 0.05) is 25.3 Å². The third-order valence-electron chi connectivity index (χ3n) is 4.61. The maximum absolute atomic E-state index is 12.8. The smallest absolute Gasteiger partial charge is 0.416 e. The number of hydrogen-bond donors (Lipinski definition) is 0. The summed E-state index contributed by atoms with van der Waals surface area (Å²) >= 11 is 0. The molecule has 1 aliphatic heterocycles. The second-order valence-corrected chi connectivity index (χ2v) is 6.60. The quantitative estimate of drug-likeness (QED) is 0.706. The number of ether oxygens (including phenoxy) is 2. The number of rotatable bonds is 5. The lowest BCUT2D eigenvalue weighted by Gasteiger charge is -2.31. The fourth-order valence-electron chi connectivity index (χ4n) is 3.21. The normalized spacial score (nSPS) is 15.5. The van der Waals surface area contributed by atoms with E-state index in [1.807, 2.05) is 6.92 Å². The summed E-state index contributed by atoms with van der Waals surface area (Å²) in [7, 11) is 0. The van der Waals surface area contributed by atoms with Crippen LogP contribution in [0.3, 0.4) is 0 Å². The molecule has 1 saturated heterocycles. The lowest BCUT2D eigenvalue weighted by molar-refractivity contribution is -0.137. The molecule has 0 N–H and O–H groups in total. The van der Waals surface area contributed by atoms with Crippen LogP contribution in [-0.4, -0.2) is 36.6 Å². The van der Waals surface area contributed by atoms with E-state index in [0.717, 1.165) is 25.0 Å². The van der Waals surface area contributed by atoms with Crippen LogP contribution in [0, 0.1) is 0 Å². The van der Waals surface area contributed by atoms with E-state index in [1.54, 1.807) is 29.2 Å². The third-order valence-corrected chi connectivity index (χ3v) is 4.61. The van der Waals surface area contributed by atoms with Crippen molar-refractivity contribution in [3.8, 4) is 11.5 Å². The van der Waals surface area contributed by atoms with Crippen molar-refractivity contribution in [2.24, 2.45) is 0 Å². The second-order valence-electron chi connectivity index (χ2n) is 6.60. The Morgan fingerprint density at radius 2 is 1.71 bits per heavy atom. The highest BCUT2D eigenvalue weighted by Gasteiger charge is 2.30. The standard InChI is InChI=1S/C21H22F3NO3/c1-2-27-17-9-11-25(12-10-17)20(26)15-5-3-7-18(13-15)28-19-8-4-6-16(14-19)21(22,23)24/h3-8,13-14,17H,2,9-12H2,1H3. The van der Waals surface area contributed by atoms with Crippen LogP contribution in [-0.2, 0) is 10.9 Å². The summed E-state index contributed by atoms with van der Waals surface area (Å²) in [5, 5.41) is 0. The molecule has 2 aromatic carbocycles. The third kappa shape index (κ3) is 5.04. The number of hydrogen-bond acceptors (Lipinski definition) is 3. The predicted molar refractivity (Wildman–Crippen MR) is 98.5 cm³/mol. The minimum Gasteiger partial charge on any atom is -0.457 e. The number of carbonyl (C=O) groups excluding carboxylic acids is 1. The SMILES string of the molecule is CCOC1CCN(C(=O)c2cccc(Oc3cccc(C(F)(F)F)c3)c2)CC1. The molecule has 0 unspecified atom stereocenters. The van der Waals surface area contributed by atoms with E-state index in [-0.39, 0.29) is 17.8 Å². The summed E-state index contributed by atoms with van der Waals surface area (Å²) in [5.74, 6) is 0.260. The highest BCUT2D eigenvalue weighted by molar-refractivity contribution is 5.94. The minimum absolute atomic E-state index is 0.0666. The van der Waals surface area contributed by atoms with Gasteiger partial charge in [-0.3, -0.25) is 4.79 Å².